The fraction of sp³-hybridized carbons (Fsp3) is 0.192. The van der Waals surface area contributed by atoms with Gasteiger partial charge in [0, 0.05) is 52.6 Å². The molecule has 184 valence electrons. The second-order valence-electron chi connectivity index (χ2n) is 8.27. The van der Waals surface area contributed by atoms with E-state index in [1.165, 1.54) is 11.8 Å². The molecule has 2 amide bonds. The van der Waals surface area contributed by atoms with Crippen LogP contribution in [0.25, 0.3) is 11.1 Å². The van der Waals surface area contributed by atoms with Crippen molar-refractivity contribution < 1.29 is 14.0 Å². The van der Waals surface area contributed by atoms with Crippen LogP contribution < -0.4 is 10.2 Å². The molecule has 36 heavy (non-hydrogen) atoms. The molecule has 0 saturated carbocycles. The zero-order chi connectivity index (χ0) is 25.1. The number of nitrogens with one attached hydrogen (secondary N) is 1. The molecule has 1 aliphatic rings. The molecule has 1 N–H and O–H groups in total. The van der Waals surface area contributed by atoms with Crippen LogP contribution >= 0.6 is 39.3 Å². The lowest BCUT2D eigenvalue weighted by Gasteiger charge is -2.36. The van der Waals surface area contributed by atoms with Crippen molar-refractivity contribution in [2.75, 3.05) is 42.1 Å². The highest BCUT2D eigenvalue weighted by atomic mass is 79.9. The van der Waals surface area contributed by atoms with Gasteiger partial charge in [-0.2, -0.15) is 0 Å². The van der Waals surface area contributed by atoms with Crippen molar-refractivity contribution in [3.63, 3.8) is 0 Å². The maximum atomic E-state index is 12.8. The van der Waals surface area contributed by atoms with Crippen LogP contribution in [-0.2, 0) is 4.79 Å². The first kappa shape index (κ1) is 24.7. The molecule has 1 fully saturated rings. The zero-order valence-electron chi connectivity index (χ0n) is 19.1. The number of carbonyl (C=O) groups is 2. The number of benzene rings is 3. The van der Waals surface area contributed by atoms with Gasteiger partial charge in [0.15, 0.2) is 5.58 Å². The minimum Gasteiger partial charge on any atom is -0.431 e. The smallest absolute Gasteiger partial charge is 0.257 e. The number of rotatable bonds is 6. The van der Waals surface area contributed by atoms with Crippen molar-refractivity contribution >= 4 is 73.6 Å². The zero-order valence-corrected chi connectivity index (χ0v) is 22.3. The average molecular weight is 586 g/mol. The number of carbonyl (C=O) groups excluding carboxylic acids is 2. The Morgan fingerprint density at radius 1 is 1.03 bits per heavy atom. The van der Waals surface area contributed by atoms with E-state index in [0.717, 1.165) is 28.9 Å². The van der Waals surface area contributed by atoms with E-state index in [2.05, 4.69) is 31.1 Å². The number of oxazole rings is 1. The van der Waals surface area contributed by atoms with Gasteiger partial charge in [-0.25, -0.2) is 4.98 Å². The molecular formula is C26H22BrClN4O3S. The maximum Gasteiger partial charge on any atom is 0.257 e. The second-order valence-corrected chi connectivity index (χ2v) is 10.5. The van der Waals surface area contributed by atoms with Crippen LogP contribution in [0.15, 0.2) is 80.8 Å². The van der Waals surface area contributed by atoms with Crippen molar-refractivity contribution in [1.29, 1.82) is 0 Å². The molecule has 0 atom stereocenters. The van der Waals surface area contributed by atoms with Gasteiger partial charge in [-0.05, 0) is 60.7 Å². The minimum atomic E-state index is -0.146. The normalized spacial score (nSPS) is 13.7. The Morgan fingerprint density at radius 3 is 2.56 bits per heavy atom. The van der Waals surface area contributed by atoms with Crippen LogP contribution in [0.4, 0.5) is 11.4 Å². The van der Waals surface area contributed by atoms with Crippen molar-refractivity contribution in [3.05, 3.63) is 81.8 Å². The van der Waals surface area contributed by atoms with Crippen molar-refractivity contribution in [2.45, 2.75) is 5.22 Å². The molecule has 0 unspecified atom stereocenters. The fourth-order valence-electron chi connectivity index (χ4n) is 3.99. The Kier molecular flexibility index (Phi) is 7.50. The number of amides is 2. The average Bonchev–Trinajstić information content (AvgIpc) is 3.30. The largest absolute Gasteiger partial charge is 0.431 e. The first-order valence-corrected chi connectivity index (χ1v) is 13.5. The molecule has 1 aromatic heterocycles. The van der Waals surface area contributed by atoms with Gasteiger partial charge in [-0.3, -0.25) is 9.59 Å². The van der Waals surface area contributed by atoms with Gasteiger partial charge in [0.2, 0.25) is 5.91 Å². The molecule has 0 radical (unpaired) electrons. The molecule has 1 saturated heterocycles. The molecule has 0 aliphatic carbocycles. The van der Waals surface area contributed by atoms with Gasteiger partial charge in [-0.1, -0.05) is 45.4 Å². The molecule has 0 bridgehead atoms. The number of piperazine rings is 1. The Hall–Kier alpha value is -3.01. The van der Waals surface area contributed by atoms with Crippen LogP contribution in [0.3, 0.4) is 0 Å². The number of halogens is 2. The van der Waals surface area contributed by atoms with E-state index in [1.54, 1.807) is 18.2 Å². The van der Waals surface area contributed by atoms with E-state index >= 15 is 0 Å². The summed E-state index contributed by atoms with van der Waals surface area (Å²) in [6.07, 6.45) is 0. The molecule has 0 spiro atoms. The van der Waals surface area contributed by atoms with Gasteiger partial charge in [-0.15, -0.1) is 0 Å². The van der Waals surface area contributed by atoms with Crippen LogP contribution in [0.1, 0.15) is 10.4 Å². The molecule has 5 rings (SSSR count). The van der Waals surface area contributed by atoms with Gasteiger partial charge in [0.05, 0.1) is 5.75 Å². The summed E-state index contributed by atoms with van der Waals surface area (Å²) in [6.45, 7) is 2.81. The number of hydrogen-bond donors (Lipinski definition) is 1. The molecular weight excluding hydrogens is 564 g/mol. The Bertz CT molecular complexity index is 1400. The quantitative estimate of drug-likeness (QED) is 0.282. The monoisotopic (exact) mass is 584 g/mol. The van der Waals surface area contributed by atoms with Crippen LogP contribution in [0, 0.1) is 0 Å². The lowest BCUT2D eigenvalue weighted by molar-refractivity contribution is -0.113. The van der Waals surface area contributed by atoms with E-state index in [-0.39, 0.29) is 17.6 Å². The van der Waals surface area contributed by atoms with Crippen LogP contribution in [0.2, 0.25) is 5.02 Å². The van der Waals surface area contributed by atoms with E-state index in [4.69, 9.17) is 16.0 Å². The van der Waals surface area contributed by atoms with Gasteiger partial charge >= 0.3 is 0 Å². The van der Waals surface area contributed by atoms with Crippen molar-refractivity contribution in [2.24, 2.45) is 0 Å². The first-order chi connectivity index (χ1) is 17.4. The summed E-state index contributed by atoms with van der Waals surface area (Å²) in [6, 6.07) is 20.4. The lowest BCUT2D eigenvalue weighted by Crippen LogP contribution is -2.48. The summed E-state index contributed by atoms with van der Waals surface area (Å²) in [7, 11) is 0. The number of hydrogen-bond acceptors (Lipinski definition) is 6. The number of aromatic nitrogens is 1. The van der Waals surface area contributed by atoms with Crippen LogP contribution in [0.5, 0.6) is 0 Å². The molecule has 4 aromatic rings. The van der Waals surface area contributed by atoms with Gasteiger partial charge < -0.3 is 19.5 Å². The summed E-state index contributed by atoms with van der Waals surface area (Å²) in [5.74, 6) is 0.0808. The third-order valence-electron chi connectivity index (χ3n) is 5.81. The number of anilines is 2. The Balaban J connectivity index is 1.11. The van der Waals surface area contributed by atoms with E-state index in [1.807, 2.05) is 53.4 Å². The summed E-state index contributed by atoms with van der Waals surface area (Å²) >= 11 is 10.6. The van der Waals surface area contributed by atoms with Gasteiger partial charge in [0.25, 0.3) is 11.1 Å². The minimum absolute atomic E-state index is 0.0496. The van der Waals surface area contributed by atoms with Crippen LogP contribution in [-0.4, -0.2) is 53.6 Å². The lowest BCUT2D eigenvalue weighted by atomic mass is 10.1. The summed E-state index contributed by atoms with van der Waals surface area (Å²) in [5.41, 5.74) is 3.77. The van der Waals surface area contributed by atoms with Crippen molar-refractivity contribution in [1.82, 2.24) is 9.88 Å². The molecule has 3 aromatic carbocycles. The van der Waals surface area contributed by atoms with E-state index in [9.17, 15) is 9.59 Å². The fourth-order valence-corrected chi connectivity index (χ4v) is 5.20. The second kappa shape index (κ2) is 10.9. The molecule has 7 nitrogen and oxygen atoms in total. The molecule has 1 aliphatic heterocycles. The number of fused-ring (bicyclic) bond motifs is 1. The SMILES string of the molecule is O=C(CSc1nc2cc(Cl)ccc2o1)Nc1ccc(N2CCN(C(=O)c3cccc(Br)c3)CC2)cc1. The Labute approximate surface area is 225 Å². The van der Waals surface area contributed by atoms with Gasteiger partial charge in [0.1, 0.15) is 5.52 Å². The Morgan fingerprint density at radius 2 is 1.81 bits per heavy atom. The third kappa shape index (κ3) is 5.86. The highest BCUT2D eigenvalue weighted by Gasteiger charge is 2.22. The molecule has 2 heterocycles. The standard InChI is InChI=1S/C26H22BrClN4O3S/c27-18-3-1-2-17(14-18)25(34)32-12-10-31(11-13-32)21-7-5-20(6-8-21)29-24(33)16-36-26-30-22-15-19(28)4-9-23(22)35-26/h1-9,14-15H,10-13,16H2,(H,29,33). The number of nitrogens with zero attached hydrogens (tertiary/aromatic N) is 3. The number of thioether (sulfide) groups is 1. The summed E-state index contributed by atoms with van der Waals surface area (Å²) in [5, 5.41) is 3.92. The van der Waals surface area contributed by atoms with Crippen molar-refractivity contribution in [3.8, 4) is 0 Å². The first-order valence-electron chi connectivity index (χ1n) is 11.3. The third-order valence-corrected chi connectivity index (χ3v) is 7.37. The maximum absolute atomic E-state index is 12.8. The highest BCUT2D eigenvalue weighted by Crippen LogP contribution is 2.26. The topological polar surface area (TPSA) is 78.7 Å². The highest BCUT2D eigenvalue weighted by molar-refractivity contribution is 9.10. The summed E-state index contributed by atoms with van der Waals surface area (Å²) in [4.78, 5) is 33.7. The van der Waals surface area contributed by atoms with E-state index in [0.29, 0.717) is 40.0 Å². The molecule has 10 heteroatoms. The predicted octanol–water partition coefficient (Wildman–Crippen LogP) is 5.94. The predicted molar refractivity (Wildman–Crippen MR) is 147 cm³/mol. The van der Waals surface area contributed by atoms with E-state index < -0.39 is 0 Å². The summed E-state index contributed by atoms with van der Waals surface area (Å²) < 4.78 is 6.54.